The molecule has 10 heteroatoms. The summed E-state index contributed by atoms with van der Waals surface area (Å²) in [6, 6.07) is 9.54. The highest BCUT2D eigenvalue weighted by molar-refractivity contribution is 7.91. The molecule has 2 N–H and O–H groups in total. The minimum Gasteiger partial charge on any atom is -0.489 e. The standard InChI is InChI=1S/C16H19FN2O5S2/c1-19(9-10-24-15-6-4-3-5-13(15)17)14-8-7-12(26(18,22)23)11-16(14)25(2,20)21/h3-8,11H,9-10H2,1-2H3,(H2,18,22,23). The fraction of sp³-hybridized carbons (Fsp3) is 0.250. The van der Waals surface area contributed by atoms with E-state index in [1.54, 1.807) is 24.1 Å². The first-order valence-corrected chi connectivity index (χ1v) is 10.9. The van der Waals surface area contributed by atoms with Crippen LogP contribution >= 0.6 is 0 Å². The zero-order valence-corrected chi connectivity index (χ0v) is 15.8. The Balaban J connectivity index is 2.22. The summed E-state index contributed by atoms with van der Waals surface area (Å²) in [5, 5.41) is 5.06. The normalized spacial score (nSPS) is 12.0. The Morgan fingerprint density at radius 2 is 1.77 bits per heavy atom. The van der Waals surface area contributed by atoms with Gasteiger partial charge in [-0.05, 0) is 30.3 Å². The number of hydrogen-bond donors (Lipinski definition) is 1. The van der Waals surface area contributed by atoms with Crippen molar-refractivity contribution >= 4 is 25.5 Å². The van der Waals surface area contributed by atoms with Gasteiger partial charge in [-0.3, -0.25) is 0 Å². The van der Waals surface area contributed by atoms with E-state index in [9.17, 15) is 21.2 Å². The molecule has 7 nitrogen and oxygen atoms in total. The number of primary sulfonamides is 1. The number of nitrogens with two attached hydrogens (primary N) is 1. The largest absolute Gasteiger partial charge is 0.489 e. The lowest BCUT2D eigenvalue weighted by Crippen LogP contribution is -2.26. The third-order valence-electron chi connectivity index (χ3n) is 3.59. The third kappa shape index (κ3) is 4.93. The molecule has 0 saturated carbocycles. The second-order valence-corrected chi connectivity index (χ2v) is 9.19. The van der Waals surface area contributed by atoms with Crippen LogP contribution in [-0.4, -0.2) is 43.3 Å². The molecular formula is C16H19FN2O5S2. The number of sulfonamides is 1. The van der Waals surface area contributed by atoms with Crippen molar-refractivity contribution < 1.29 is 26.0 Å². The van der Waals surface area contributed by atoms with Gasteiger partial charge < -0.3 is 9.64 Å². The summed E-state index contributed by atoms with van der Waals surface area (Å²) in [6.45, 7) is 0.336. The topological polar surface area (TPSA) is 107 Å². The van der Waals surface area contributed by atoms with E-state index >= 15 is 0 Å². The maximum absolute atomic E-state index is 13.5. The number of anilines is 1. The van der Waals surface area contributed by atoms with E-state index in [1.807, 2.05) is 0 Å². The van der Waals surface area contributed by atoms with Crippen LogP contribution in [0.15, 0.2) is 52.3 Å². The molecule has 0 aliphatic carbocycles. The number of hydrogen-bond acceptors (Lipinski definition) is 6. The highest BCUT2D eigenvalue weighted by Gasteiger charge is 2.20. The molecule has 0 fully saturated rings. The van der Waals surface area contributed by atoms with Gasteiger partial charge in [0.1, 0.15) is 6.61 Å². The molecule has 0 spiro atoms. The molecule has 26 heavy (non-hydrogen) atoms. The first-order valence-electron chi connectivity index (χ1n) is 7.45. The van der Waals surface area contributed by atoms with Crippen LogP contribution in [0.1, 0.15) is 0 Å². The average Bonchev–Trinajstić information content (AvgIpc) is 2.54. The van der Waals surface area contributed by atoms with Crippen molar-refractivity contribution in [2.45, 2.75) is 9.79 Å². The Morgan fingerprint density at radius 1 is 1.12 bits per heavy atom. The molecule has 2 aromatic rings. The van der Waals surface area contributed by atoms with Gasteiger partial charge in [0.2, 0.25) is 10.0 Å². The van der Waals surface area contributed by atoms with Gasteiger partial charge >= 0.3 is 0 Å². The van der Waals surface area contributed by atoms with Gasteiger partial charge in [0.25, 0.3) is 0 Å². The number of halogens is 1. The van der Waals surface area contributed by atoms with Crippen molar-refractivity contribution in [3.8, 4) is 5.75 Å². The highest BCUT2D eigenvalue weighted by atomic mass is 32.2. The molecule has 0 bridgehead atoms. The van der Waals surface area contributed by atoms with Crippen molar-refractivity contribution in [1.82, 2.24) is 0 Å². The maximum Gasteiger partial charge on any atom is 0.238 e. The number of rotatable bonds is 7. The molecule has 2 aromatic carbocycles. The Morgan fingerprint density at radius 3 is 2.35 bits per heavy atom. The number of sulfone groups is 1. The number of nitrogens with zero attached hydrogens (tertiary/aromatic N) is 1. The van der Waals surface area contributed by atoms with Crippen molar-refractivity contribution in [2.24, 2.45) is 5.14 Å². The van der Waals surface area contributed by atoms with Crippen molar-refractivity contribution in [2.75, 3.05) is 31.4 Å². The van der Waals surface area contributed by atoms with E-state index in [0.29, 0.717) is 0 Å². The van der Waals surface area contributed by atoms with Crippen LogP contribution in [0.4, 0.5) is 10.1 Å². The van der Waals surface area contributed by atoms with Crippen LogP contribution in [0.3, 0.4) is 0 Å². The van der Waals surface area contributed by atoms with Crippen LogP contribution in [0.5, 0.6) is 5.75 Å². The van der Waals surface area contributed by atoms with E-state index in [-0.39, 0.29) is 34.4 Å². The first kappa shape index (κ1) is 20.1. The Hall–Kier alpha value is -2.17. The molecule has 0 aliphatic rings. The quantitative estimate of drug-likeness (QED) is 0.750. The second kappa shape index (κ2) is 7.60. The van der Waals surface area contributed by atoms with Crippen molar-refractivity contribution in [3.63, 3.8) is 0 Å². The minimum atomic E-state index is -4.04. The Bertz CT molecular complexity index is 1010. The van der Waals surface area contributed by atoms with E-state index in [4.69, 9.17) is 9.88 Å². The SMILES string of the molecule is CN(CCOc1ccccc1F)c1ccc(S(N)(=O)=O)cc1S(C)(=O)=O. The number of ether oxygens (including phenoxy) is 1. The Kier molecular flexibility index (Phi) is 5.89. The molecule has 0 aliphatic heterocycles. The van der Waals surface area contributed by atoms with Gasteiger partial charge in [-0.25, -0.2) is 26.4 Å². The first-order chi connectivity index (χ1) is 12.0. The third-order valence-corrected chi connectivity index (χ3v) is 5.63. The number of para-hydroxylation sites is 1. The second-order valence-electron chi connectivity index (χ2n) is 5.65. The molecule has 0 saturated heterocycles. The minimum absolute atomic E-state index is 0.0915. The van der Waals surface area contributed by atoms with Gasteiger partial charge in [0.05, 0.1) is 22.0 Å². The maximum atomic E-state index is 13.5. The van der Waals surface area contributed by atoms with E-state index in [0.717, 1.165) is 12.3 Å². The Labute approximate surface area is 152 Å². The number of benzene rings is 2. The molecule has 0 radical (unpaired) electrons. The van der Waals surface area contributed by atoms with Gasteiger partial charge in [0, 0.05) is 13.3 Å². The molecule has 0 amide bonds. The molecule has 0 atom stereocenters. The summed E-state index contributed by atoms with van der Waals surface area (Å²) in [5.74, 6) is -0.404. The summed E-state index contributed by atoms with van der Waals surface area (Å²) in [7, 11) is -6.13. The summed E-state index contributed by atoms with van der Waals surface area (Å²) >= 11 is 0. The number of likely N-dealkylation sites (N-methyl/N-ethyl adjacent to an activating group) is 1. The molecule has 0 aromatic heterocycles. The zero-order chi connectivity index (χ0) is 19.5. The van der Waals surface area contributed by atoms with Gasteiger partial charge in [0.15, 0.2) is 21.4 Å². The van der Waals surface area contributed by atoms with E-state index in [2.05, 4.69) is 0 Å². The fourth-order valence-electron chi connectivity index (χ4n) is 2.26. The molecule has 0 unspecified atom stereocenters. The van der Waals surface area contributed by atoms with Crippen LogP contribution < -0.4 is 14.8 Å². The molecule has 0 heterocycles. The van der Waals surface area contributed by atoms with Crippen molar-refractivity contribution in [3.05, 3.63) is 48.3 Å². The van der Waals surface area contributed by atoms with E-state index < -0.39 is 25.7 Å². The lowest BCUT2D eigenvalue weighted by molar-refractivity contribution is 0.309. The summed E-state index contributed by atoms with van der Waals surface area (Å²) in [6.07, 6.45) is 0.975. The average molecular weight is 402 g/mol. The summed E-state index contributed by atoms with van der Waals surface area (Å²) in [5.41, 5.74) is 0.289. The lowest BCUT2D eigenvalue weighted by Gasteiger charge is -2.22. The van der Waals surface area contributed by atoms with Crippen molar-refractivity contribution in [1.29, 1.82) is 0 Å². The van der Waals surface area contributed by atoms with Crippen LogP contribution in [0.25, 0.3) is 0 Å². The zero-order valence-electron chi connectivity index (χ0n) is 14.2. The fourth-order valence-corrected chi connectivity index (χ4v) is 3.82. The predicted octanol–water partition coefficient (Wildman–Crippen LogP) is 1.39. The molecular weight excluding hydrogens is 383 g/mol. The highest BCUT2D eigenvalue weighted by Crippen LogP contribution is 2.27. The lowest BCUT2D eigenvalue weighted by atomic mass is 10.3. The van der Waals surface area contributed by atoms with Gasteiger partial charge in [-0.2, -0.15) is 0 Å². The van der Waals surface area contributed by atoms with Crippen LogP contribution in [-0.2, 0) is 19.9 Å². The van der Waals surface area contributed by atoms with Gasteiger partial charge in [-0.1, -0.05) is 12.1 Å². The summed E-state index contributed by atoms with van der Waals surface area (Å²) < 4.78 is 65.9. The van der Waals surface area contributed by atoms with E-state index in [1.165, 1.54) is 24.3 Å². The van der Waals surface area contributed by atoms with Crippen LogP contribution in [0.2, 0.25) is 0 Å². The predicted molar refractivity (Wildman–Crippen MR) is 96.1 cm³/mol. The van der Waals surface area contributed by atoms with Gasteiger partial charge in [-0.15, -0.1) is 0 Å². The van der Waals surface area contributed by atoms with Crippen LogP contribution in [0, 0.1) is 5.82 Å². The summed E-state index contributed by atoms with van der Waals surface area (Å²) in [4.78, 5) is 1.11. The molecule has 142 valence electrons. The monoisotopic (exact) mass is 402 g/mol. The molecule has 2 rings (SSSR count). The smallest absolute Gasteiger partial charge is 0.238 e.